The summed E-state index contributed by atoms with van der Waals surface area (Å²) in [6, 6.07) is 20.7. The Hall–Kier alpha value is -3.84. The highest BCUT2D eigenvalue weighted by molar-refractivity contribution is 6.31. The van der Waals surface area contributed by atoms with Crippen molar-refractivity contribution in [3.05, 3.63) is 94.5 Å². The van der Waals surface area contributed by atoms with Gasteiger partial charge >= 0.3 is 0 Å². The van der Waals surface area contributed by atoms with Crippen LogP contribution in [0.25, 0.3) is 0 Å². The Bertz CT molecular complexity index is 1180. The van der Waals surface area contributed by atoms with Crippen LogP contribution < -0.4 is 20.2 Å². The third-order valence-corrected chi connectivity index (χ3v) is 5.60. The van der Waals surface area contributed by atoms with Gasteiger partial charge in [-0.25, -0.2) is 5.43 Å². The number of nitrogens with zero attached hydrogens (tertiary/aromatic N) is 1. The van der Waals surface area contributed by atoms with Crippen LogP contribution in [-0.2, 0) is 11.4 Å². The Balaban J connectivity index is 1.62. The van der Waals surface area contributed by atoms with Crippen molar-refractivity contribution in [3.63, 3.8) is 0 Å². The standard InChI is InChI=1S/C27H28ClN3O4/c1-18(2)25(30-26(32)19-12-14-22(34-3)15-13-19)27(33)31-29-16-20-8-5-7-11-24(20)35-17-21-9-4-6-10-23(21)28/h4-16,18,25H,17H2,1-3H3,(H,30,32)(H,31,33)/b29-16+. The Morgan fingerprint density at radius 2 is 1.69 bits per heavy atom. The second-order valence-electron chi connectivity index (χ2n) is 8.08. The van der Waals surface area contributed by atoms with Gasteiger partial charge in [0.25, 0.3) is 11.8 Å². The van der Waals surface area contributed by atoms with Gasteiger partial charge in [0.05, 0.1) is 13.3 Å². The number of amides is 2. The van der Waals surface area contributed by atoms with Gasteiger partial charge < -0.3 is 14.8 Å². The van der Waals surface area contributed by atoms with Gasteiger partial charge in [0, 0.05) is 21.7 Å². The molecular formula is C27H28ClN3O4. The van der Waals surface area contributed by atoms with Gasteiger partial charge in [-0.3, -0.25) is 9.59 Å². The highest BCUT2D eigenvalue weighted by Gasteiger charge is 2.24. The lowest BCUT2D eigenvalue weighted by Gasteiger charge is -2.20. The van der Waals surface area contributed by atoms with E-state index in [9.17, 15) is 9.59 Å². The minimum Gasteiger partial charge on any atom is -0.497 e. The van der Waals surface area contributed by atoms with E-state index >= 15 is 0 Å². The van der Waals surface area contributed by atoms with E-state index < -0.39 is 11.9 Å². The van der Waals surface area contributed by atoms with Crippen LogP contribution in [0.2, 0.25) is 5.02 Å². The zero-order valence-electron chi connectivity index (χ0n) is 19.8. The molecule has 1 unspecified atom stereocenters. The molecule has 0 saturated heterocycles. The van der Waals surface area contributed by atoms with Gasteiger partial charge in [0.1, 0.15) is 24.1 Å². The average molecular weight is 494 g/mol. The normalized spacial score (nSPS) is 11.8. The molecule has 7 nitrogen and oxygen atoms in total. The summed E-state index contributed by atoms with van der Waals surface area (Å²) in [5.41, 5.74) is 4.49. The average Bonchev–Trinajstić information content (AvgIpc) is 2.87. The third-order valence-electron chi connectivity index (χ3n) is 5.23. The quantitative estimate of drug-likeness (QED) is 0.312. The number of carbonyl (C=O) groups is 2. The maximum atomic E-state index is 12.8. The van der Waals surface area contributed by atoms with Crippen molar-refractivity contribution in [2.75, 3.05) is 7.11 Å². The molecule has 0 fully saturated rings. The Morgan fingerprint density at radius 3 is 2.37 bits per heavy atom. The first-order chi connectivity index (χ1) is 16.9. The predicted octanol–water partition coefficient (Wildman–Crippen LogP) is 4.83. The fourth-order valence-corrected chi connectivity index (χ4v) is 3.42. The first-order valence-electron chi connectivity index (χ1n) is 11.1. The molecule has 3 rings (SSSR count). The molecule has 0 aliphatic heterocycles. The van der Waals surface area contributed by atoms with Crippen LogP contribution >= 0.6 is 11.6 Å². The third kappa shape index (κ3) is 7.32. The molecule has 2 N–H and O–H groups in total. The number of hydrogen-bond donors (Lipinski definition) is 2. The van der Waals surface area contributed by atoms with Crippen molar-refractivity contribution >= 4 is 29.6 Å². The summed E-state index contributed by atoms with van der Waals surface area (Å²) < 4.78 is 11.0. The smallest absolute Gasteiger partial charge is 0.262 e. The van der Waals surface area contributed by atoms with Gasteiger partial charge in [-0.05, 0) is 48.4 Å². The van der Waals surface area contributed by atoms with Crippen molar-refractivity contribution in [1.82, 2.24) is 10.7 Å². The summed E-state index contributed by atoms with van der Waals surface area (Å²) >= 11 is 6.20. The molecular weight excluding hydrogens is 466 g/mol. The lowest BCUT2D eigenvalue weighted by molar-refractivity contribution is -0.123. The Labute approximate surface area is 210 Å². The molecule has 0 saturated carbocycles. The molecule has 0 aliphatic carbocycles. The van der Waals surface area contributed by atoms with E-state index in [-0.39, 0.29) is 11.8 Å². The van der Waals surface area contributed by atoms with Crippen molar-refractivity contribution in [3.8, 4) is 11.5 Å². The maximum Gasteiger partial charge on any atom is 0.262 e. The van der Waals surface area contributed by atoms with Crippen LogP contribution in [0, 0.1) is 5.92 Å². The van der Waals surface area contributed by atoms with Crippen LogP contribution in [0.3, 0.4) is 0 Å². The molecule has 0 radical (unpaired) electrons. The monoisotopic (exact) mass is 493 g/mol. The fourth-order valence-electron chi connectivity index (χ4n) is 3.23. The zero-order valence-corrected chi connectivity index (χ0v) is 20.6. The zero-order chi connectivity index (χ0) is 25.2. The highest BCUT2D eigenvalue weighted by Crippen LogP contribution is 2.21. The van der Waals surface area contributed by atoms with Gasteiger partial charge in [-0.2, -0.15) is 5.10 Å². The Morgan fingerprint density at radius 1 is 1.00 bits per heavy atom. The van der Waals surface area contributed by atoms with Gasteiger partial charge in [-0.1, -0.05) is 55.8 Å². The molecule has 182 valence electrons. The number of para-hydroxylation sites is 1. The summed E-state index contributed by atoms with van der Waals surface area (Å²) in [4.78, 5) is 25.4. The highest BCUT2D eigenvalue weighted by atomic mass is 35.5. The number of hydrazone groups is 1. The van der Waals surface area contributed by atoms with Crippen LogP contribution in [0.1, 0.15) is 35.3 Å². The first-order valence-corrected chi connectivity index (χ1v) is 11.5. The van der Waals surface area contributed by atoms with Crippen LogP contribution in [0.4, 0.5) is 0 Å². The number of ether oxygens (including phenoxy) is 2. The molecule has 0 heterocycles. The van der Waals surface area contributed by atoms with Crippen LogP contribution in [0.15, 0.2) is 77.9 Å². The van der Waals surface area contributed by atoms with Crippen LogP contribution in [0.5, 0.6) is 11.5 Å². The molecule has 3 aromatic rings. The minimum absolute atomic E-state index is 0.154. The number of carbonyl (C=O) groups excluding carboxylic acids is 2. The molecule has 0 aromatic heterocycles. The molecule has 0 aliphatic rings. The number of nitrogens with one attached hydrogen (secondary N) is 2. The summed E-state index contributed by atoms with van der Waals surface area (Å²) in [6.45, 7) is 3.99. The number of hydrogen-bond acceptors (Lipinski definition) is 5. The number of rotatable bonds is 10. The van der Waals surface area contributed by atoms with E-state index in [1.165, 1.54) is 6.21 Å². The molecule has 0 bridgehead atoms. The SMILES string of the molecule is COc1ccc(C(=O)NC(C(=O)N/N=C/c2ccccc2OCc2ccccc2Cl)C(C)C)cc1. The molecule has 0 spiro atoms. The number of methoxy groups -OCH3 is 1. The van der Waals surface area contributed by atoms with E-state index in [4.69, 9.17) is 21.1 Å². The molecule has 8 heteroatoms. The molecule has 35 heavy (non-hydrogen) atoms. The predicted molar refractivity (Wildman–Crippen MR) is 137 cm³/mol. The van der Waals surface area contributed by atoms with Crippen LogP contribution in [-0.4, -0.2) is 31.2 Å². The molecule has 2 amide bonds. The number of benzene rings is 3. The van der Waals surface area contributed by atoms with E-state index in [2.05, 4.69) is 15.8 Å². The number of halogens is 1. The summed E-state index contributed by atoms with van der Waals surface area (Å²) in [5.74, 6) is 0.304. The molecule has 3 aromatic carbocycles. The Kier molecular flexibility index (Phi) is 9.26. The van der Waals surface area contributed by atoms with Gasteiger partial charge in [-0.15, -0.1) is 0 Å². The summed E-state index contributed by atoms with van der Waals surface area (Å²) in [5, 5.41) is 7.48. The van der Waals surface area contributed by atoms with Crippen molar-refractivity contribution < 1.29 is 19.1 Å². The van der Waals surface area contributed by atoms with E-state index in [0.717, 1.165) is 5.56 Å². The summed E-state index contributed by atoms with van der Waals surface area (Å²) in [6.07, 6.45) is 1.50. The largest absolute Gasteiger partial charge is 0.497 e. The maximum absolute atomic E-state index is 12.8. The van der Waals surface area contributed by atoms with E-state index in [0.29, 0.717) is 34.3 Å². The molecule has 1 atom stereocenters. The van der Waals surface area contributed by atoms with E-state index in [1.54, 1.807) is 31.4 Å². The van der Waals surface area contributed by atoms with Gasteiger partial charge in [0.15, 0.2) is 0 Å². The first kappa shape index (κ1) is 25.8. The fraction of sp³-hybridized carbons (Fsp3) is 0.222. The van der Waals surface area contributed by atoms with E-state index in [1.807, 2.05) is 62.4 Å². The second-order valence-corrected chi connectivity index (χ2v) is 8.48. The van der Waals surface area contributed by atoms with Crippen molar-refractivity contribution in [2.45, 2.75) is 26.5 Å². The topological polar surface area (TPSA) is 89.0 Å². The minimum atomic E-state index is -0.770. The van der Waals surface area contributed by atoms with Gasteiger partial charge in [0.2, 0.25) is 0 Å². The lowest BCUT2D eigenvalue weighted by atomic mass is 10.0. The second kappa shape index (κ2) is 12.6. The summed E-state index contributed by atoms with van der Waals surface area (Å²) in [7, 11) is 1.55. The lowest BCUT2D eigenvalue weighted by Crippen LogP contribution is -2.48. The van der Waals surface area contributed by atoms with Crippen molar-refractivity contribution in [1.29, 1.82) is 0 Å². The van der Waals surface area contributed by atoms with Crippen molar-refractivity contribution in [2.24, 2.45) is 11.0 Å².